The predicted octanol–water partition coefficient (Wildman–Crippen LogP) is 3.37. The fourth-order valence-electron chi connectivity index (χ4n) is 2.29. The van der Waals surface area contributed by atoms with Crippen LogP contribution in [0.3, 0.4) is 0 Å². The minimum atomic E-state index is -0.892. The highest BCUT2D eigenvalue weighted by atomic mass is 79.9. The van der Waals surface area contributed by atoms with E-state index in [4.69, 9.17) is 21.4 Å². The zero-order valence-corrected chi connectivity index (χ0v) is 11.6. The second-order valence-electron chi connectivity index (χ2n) is 4.28. The number of carboxylic acid groups (broad SMARTS) is 1. The van der Waals surface area contributed by atoms with E-state index in [-0.39, 0.29) is 6.42 Å². The van der Waals surface area contributed by atoms with E-state index in [0.29, 0.717) is 11.6 Å². The molecular formula is C12H12BrClO3. The summed E-state index contributed by atoms with van der Waals surface area (Å²) in [4.78, 5) is 10.9. The molecule has 17 heavy (non-hydrogen) atoms. The number of hydrogen-bond donors (Lipinski definition) is 1. The number of halogens is 2. The van der Waals surface area contributed by atoms with Crippen LogP contribution in [0.5, 0.6) is 0 Å². The van der Waals surface area contributed by atoms with Gasteiger partial charge < -0.3 is 9.84 Å². The predicted molar refractivity (Wildman–Crippen MR) is 68.4 cm³/mol. The monoisotopic (exact) mass is 318 g/mol. The molecule has 0 aromatic heterocycles. The third-order valence-corrected chi connectivity index (χ3v) is 4.05. The number of ether oxygens (including phenoxy) is 1. The molecule has 0 aliphatic carbocycles. The Labute approximate surface area is 113 Å². The summed E-state index contributed by atoms with van der Waals surface area (Å²) in [6.45, 7) is 2.28. The van der Waals surface area contributed by atoms with E-state index in [1.807, 2.05) is 6.07 Å². The van der Waals surface area contributed by atoms with Gasteiger partial charge in [0, 0.05) is 15.1 Å². The minimum Gasteiger partial charge on any atom is -0.481 e. The molecule has 92 valence electrons. The van der Waals surface area contributed by atoms with Gasteiger partial charge in [-0.2, -0.15) is 0 Å². The highest BCUT2D eigenvalue weighted by molar-refractivity contribution is 9.10. The third kappa shape index (κ3) is 2.34. The number of rotatable bonds is 2. The average Bonchev–Trinajstić information content (AvgIpc) is 2.22. The Morgan fingerprint density at radius 1 is 1.65 bits per heavy atom. The Bertz CT molecular complexity index is 475. The van der Waals surface area contributed by atoms with E-state index in [1.165, 1.54) is 0 Å². The van der Waals surface area contributed by atoms with Gasteiger partial charge in [-0.05, 0) is 31.0 Å². The van der Waals surface area contributed by atoms with Crippen molar-refractivity contribution in [2.24, 2.45) is 0 Å². The first kappa shape index (κ1) is 12.9. The first-order valence-corrected chi connectivity index (χ1v) is 6.44. The van der Waals surface area contributed by atoms with E-state index in [2.05, 4.69) is 15.9 Å². The molecule has 1 N–H and O–H groups in total. The largest absolute Gasteiger partial charge is 0.481 e. The van der Waals surface area contributed by atoms with Crippen LogP contribution in [0.4, 0.5) is 0 Å². The summed E-state index contributed by atoms with van der Waals surface area (Å²) in [7, 11) is 0. The van der Waals surface area contributed by atoms with Gasteiger partial charge in [0.25, 0.3) is 0 Å². The third-order valence-electron chi connectivity index (χ3n) is 2.99. The number of fused-ring (bicyclic) bond motifs is 1. The lowest BCUT2D eigenvalue weighted by molar-refractivity contribution is -0.146. The van der Waals surface area contributed by atoms with Crippen LogP contribution < -0.4 is 0 Å². The molecule has 0 saturated carbocycles. The molecule has 3 nitrogen and oxygen atoms in total. The molecule has 0 bridgehead atoms. The van der Waals surface area contributed by atoms with E-state index < -0.39 is 11.6 Å². The Hall–Kier alpha value is -0.580. The summed E-state index contributed by atoms with van der Waals surface area (Å²) < 4.78 is 6.61. The lowest BCUT2D eigenvalue weighted by Gasteiger charge is -2.36. The fraction of sp³-hybridized carbons (Fsp3) is 0.417. The first-order chi connectivity index (χ1) is 7.94. The molecule has 1 aliphatic rings. The molecule has 1 heterocycles. The molecule has 0 saturated heterocycles. The van der Waals surface area contributed by atoms with Gasteiger partial charge >= 0.3 is 5.97 Å². The summed E-state index contributed by atoms with van der Waals surface area (Å²) in [6, 6.07) is 3.65. The molecule has 0 amide bonds. The van der Waals surface area contributed by atoms with Crippen LogP contribution in [0, 0.1) is 0 Å². The summed E-state index contributed by atoms with van der Waals surface area (Å²) >= 11 is 9.66. The maximum atomic E-state index is 10.9. The lowest BCUT2D eigenvalue weighted by Crippen LogP contribution is -2.35. The zero-order chi connectivity index (χ0) is 12.6. The van der Waals surface area contributed by atoms with Crippen molar-refractivity contribution < 1.29 is 14.6 Å². The van der Waals surface area contributed by atoms with Gasteiger partial charge in [-0.25, -0.2) is 0 Å². The minimum absolute atomic E-state index is 0.0871. The van der Waals surface area contributed by atoms with Crippen LogP contribution in [-0.2, 0) is 21.6 Å². The zero-order valence-electron chi connectivity index (χ0n) is 9.30. The van der Waals surface area contributed by atoms with Crippen molar-refractivity contribution in [2.45, 2.75) is 25.4 Å². The van der Waals surface area contributed by atoms with E-state index in [1.54, 1.807) is 13.0 Å². The molecule has 0 spiro atoms. The second kappa shape index (κ2) is 4.59. The van der Waals surface area contributed by atoms with E-state index >= 15 is 0 Å². The van der Waals surface area contributed by atoms with Crippen molar-refractivity contribution in [1.29, 1.82) is 0 Å². The number of benzene rings is 1. The maximum Gasteiger partial charge on any atom is 0.306 e. The number of carboxylic acids is 1. The summed E-state index contributed by atoms with van der Waals surface area (Å²) in [5, 5.41) is 9.54. The Balaban J connectivity index is 2.57. The first-order valence-electron chi connectivity index (χ1n) is 5.27. The molecular weight excluding hydrogens is 307 g/mol. The molecule has 1 aromatic carbocycles. The van der Waals surface area contributed by atoms with E-state index in [0.717, 1.165) is 22.0 Å². The van der Waals surface area contributed by atoms with Gasteiger partial charge in [-0.3, -0.25) is 4.79 Å². The van der Waals surface area contributed by atoms with Gasteiger partial charge in [0.2, 0.25) is 0 Å². The average molecular weight is 320 g/mol. The topological polar surface area (TPSA) is 46.5 Å². The summed E-state index contributed by atoms with van der Waals surface area (Å²) in [5.74, 6) is -0.892. The van der Waals surface area contributed by atoms with Gasteiger partial charge in [0.1, 0.15) is 5.60 Å². The van der Waals surface area contributed by atoms with Crippen molar-refractivity contribution in [3.05, 3.63) is 32.8 Å². The Kier molecular flexibility index (Phi) is 3.48. The highest BCUT2D eigenvalue weighted by Gasteiger charge is 2.38. The van der Waals surface area contributed by atoms with Gasteiger partial charge in [0.05, 0.1) is 13.0 Å². The van der Waals surface area contributed by atoms with E-state index in [9.17, 15) is 4.79 Å². The highest BCUT2D eigenvalue weighted by Crippen LogP contribution is 2.42. The normalized spacial score (nSPS) is 23.2. The van der Waals surface area contributed by atoms with Crippen LogP contribution in [0.25, 0.3) is 0 Å². The lowest BCUT2D eigenvalue weighted by atomic mass is 9.85. The summed E-state index contributed by atoms with van der Waals surface area (Å²) in [6.07, 6.45) is 0.655. The van der Waals surface area contributed by atoms with Crippen LogP contribution >= 0.6 is 27.5 Å². The fourth-order valence-corrected chi connectivity index (χ4v) is 3.19. The van der Waals surface area contributed by atoms with Crippen molar-refractivity contribution in [3.8, 4) is 0 Å². The maximum absolute atomic E-state index is 10.9. The number of carbonyl (C=O) groups is 1. The van der Waals surface area contributed by atoms with Crippen LogP contribution in [0.1, 0.15) is 24.5 Å². The van der Waals surface area contributed by atoms with Crippen molar-refractivity contribution in [3.63, 3.8) is 0 Å². The molecule has 1 atom stereocenters. The molecule has 0 radical (unpaired) electrons. The molecule has 1 aromatic rings. The molecule has 0 fully saturated rings. The molecule has 1 aliphatic heterocycles. The van der Waals surface area contributed by atoms with Crippen LogP contribution in [0.2, 0.25) is 5.02 Å². The standard InChI is InChI=1S/C12H12BrClO3/c1-12(6-10(15)16)11-7(4-5-17-12)8(13)2-3-9(11)14/h2-3H,4-6H2,1H3,(H,15,16). The Morgan fingerprint density at radius 2 is 2.35 bits per heavy atom. The Morgan fingerprint density at radius 3 is 3.00 bits per heavy atom. The number of hydrogen-bond acceptors (Lipinski definition) is 2. The second-order valence-corrected chi connectivity index (χ2v) is 5.54. The van der Waals surface area contributed by atoms with Crippen molar-refractivity contribution >= 4 is 33.5 Å². The SMILES string of the molecule is CC1(CC(=O)O)OCCc2c(Br)ccc(Cl)c21. The van der Waals surface area contributed by atoms with Crippen molar-refractivity contribution in [2.75, 3.05) is 6.61 Å². The van der Waals surface area contributed by atoms with Gasteiger partial charge in [-0.15, -0.1) is 0 Å². The molecule has 2 rings (SSSR count). The van der Waals surface area contributed by atoms with Gasteiger partial charge in [-0.1, -0.05) is 27.5 Å². The molecule has 1 unspecified atom stereocenters. The quantitative estimate of drug-likeness (QED) is 0.909. The smallest absolute Gasteiger partial charge is 0.306 e. The summed E-state index contributed by atoms with van der Waals surface area (Å²) in [5.41, 5.74) is 0.995. The van der Waals surface area contributed by atoms with Crippen molar-refractivity contribution in [1.82, 2.24) is 0 Å². The number of aliphatic carboxylic acids is 1. The van der Waals surface area contributed by atoms with Gasteiger partial charge in [0.15, 0.2) is 0 Å². The van der Waals surface area contributed by atoms with Crippen LogP contribution in [-0.4, -0.2) is 17.7 Å². The van der Waals surface area contributed by atoms with Crippen LogP contribution in [0.15, 0.2) is 16.6 Å². The molecule has 5 heteroatoms.